The minimum absolute atomic E-state index is 0.0169. The molecule has 1 unspecified atom stereocenters. The van der Waals surface area contributed by atoms with Crippen LogP contribution in [0, 0.1) is 19.8 Å². The lowest BCUT2D eigenvalue weighted by Gasteiger charge is -2.32. The monoisotopic (exact) mass is 400 g/mol. The lowest BCUT2D eigenvalue weighted by molar-refractivity contribution is -0.121. The second kappa shape index (κ2) is 8.65. The van der Waals surface area contributed by atoms with Gasteiger partial charge in [0.2, 0.25) is 5.91 Å². The zero-order valence-electron chi connectivity index (χ0n) is 16.4. The minimum Gasteiger partial charge on any atom is -0.495 e. The van der Waals surface area contributed by atoms with E-state index in [0.717, 1.165) is 24.0 Å². The van der Waals surface area contributed by atoms with Crippen molar-refractivity contribution in [3.63, 3.8) is 0 Å². The summed E-state index contributed by atoms with van der Waals surface area (Å²) < 4.78 is 5.13. The van der Waals surface area contributed by atoms with Gasteiger partial charge in [0.25, 0.3) is 5.91 Å². The van der Waals surface area contributed by atoms with Crippen molar-refractivity contribution in [3.8, 4) is 5.75 Å². The number of methoxy groups -OCH3 is 1. The van der Waals surface area contributed by atoms with Gasteiger partial charge in [-0.25, -0.2) is 0 Å². The number of nitrogens with one attached hydrogen (secondary N) is 1. The fourth-order valence-electron chi connectivity index (χ4n) is 3.64. The fourth-order valence-corrected chi connectivity index (χ4v) is 3.90. The molecule has 0 aliphatic carbocycles. The van der Waals surface area contributed by atoms with Gasteiger partial charge in [0, 0.05) is 24.3 Å². The minimum atomic E-state index is -0.246. The SMILES string of the molecule is COc1ccc(NC(=O)C2CCCN(C(=O)c3cc(C)cc(C)c3)C2)cc1Cl. The predicted molar refractivity (Wildman–Crippen MR) is 111 cm³/mol. The molecule has 1 aliphatic heterocycles. The number of nitrogens with zero attached hydrogens (tertiary/aromatic N) is 1. The molecule has 0 bridgehead atoms. The highest BCUT2D eigenvalue weighted by molar-refractivity contribution is 6.32. The van der Waals surface area contributed by atoms with Crippen LogP contribution in [0.3, 0.4) is 0 Å². The number of carbonyl (C=O) groups is 2. The van der Waals surface area contributed by atoms with Crippen LogP contribution in [0.4, 0.5) is 5.69 Å². The summed E-state index contributed by atoms with van der Waals surface area (Å²) >= 11 is 6.13. The molecule has 1 N–H and O–H groups in total. The standard InChI is InChI=1S/C22H25ClN2O3/c1-14-9-15(2)11-17(10-14)22(27)25-8-4-5-16(13-25)21(26)24-18-6-7-20(28-3)19(23)12-18/h6-7,9-12,16H,4-5,8,13H2,1-3H3,(H,24,26). The average molecular weight is 401 g/mol. The van der Waals surface area contributed by atoms with E-state index < -0.39 is 0 Å². The summed E-state index contributed by atoms with van der Waals surface area (Å²) in [5, 5.41) is 3.34. The number of likely N-dealkylation sites (tertiary alicyclic amines) is 1. The summed E-state index contributed by atoms with van der Waals surface area (Å²) in [6.45, 7) is 5.05. The number of ether oxygens (including phenoxy) is 1. The first-order valence-electron chi connectivity index (χ1n) is 9.39. The number of piperidine rings is 1. The molecule has 6 heteroatoms. The molecule has 1 heterocycles. The summed E-state index contributed by atoms with van der Waals surface area (Å²) in [6.07, 6.45) is 1.56. The zero-order chi connectivity index (χ0) is 20.3. The van der Waals surface area contributed by atoms with Crippen LogP contribution in [0.25, 0.3) is 0 Å². The second-order valence-corrected chi connectivity index (χ2v) is 7.71. The van der Waals surface area contributed by atoms with Crippen LogP contribution in [0.5, 0.6) is 5.75 Å². The molecule has 5 nitrogen and oxygen atoms in total. The van der Waals surface area contributed by atoms with E-state index in [0.29, 0.717) is 35.1 Å². The van der Waals surface area contributed by atoms with Crippen LogP contribution in [0.2, 0.25) is 5.02 Å². The van der Waals surface area contributed by atoms with Crippen molar-refractivity contribution >= 4 is 29.1 Å². The molecule has 1 aliphatic rings. The van der Waals surface area contributed by atoms with Gasteiger partial charge in [0.05, 0.1) is 18.1 Å². The Bertz CT molecular complexity index is 877. The van der Waals surface area contributed by atoms with Gasteiger partial charge in [-0.15, -0.1) is 0 Å². The molecule has 0 saturated carbocycles. The highest BCUT2D eigenvalue weighted by Crippen LogP contribution is 2.28. The van der Waals surface area contributed by atoms with E-state index in [1.54, 1.807) is 30.2 Å². The third-order valence-electron chi connectivity index (χ3n) is 4.97. The number of hydrogen-bond acceptors (Lipinski definition) is 3. The zero-order valence-corrected chi connectivity index (χ0v) is 17.2. The van der Waals surface area contributed by atoms with Crippen molar-refractivity contribution < 1.29 is 14.3 Å². The molecule has 1 saturated heterocycles. The molecule has 0 radical (unpaired) electrons. The first kappa shape index (κ1) is 20.2. The van der Waals surface area contributed by atoms with E-state index in [4.69, 9.17) is 16.3 Å². The largest absolute Gasteiger partial charge is 0.495 e. The van der Waals surface area contributed by atoms with Gasteiger partial charge < -0.3 is 15.0 Å². The summed E-state index contributed by atoms with van der Waals surface area (Å²) in [5.74, 6) is 0.197. The number of benzene rings is 2. The van der Waals surface area contributed by atoms with Crippen LogP contribution < -0.4 is 10.1 Å². The van der Waals surface area contributed by atoms with Gasteiger partial charge >= 0.3 is 0 Å². The molecule has 28 heavy (non-hydrogen) atoms. The number of aryl methyl sites for hydroxylation is 2. The van der Waals surface area contributed by atoms with E-state index in [-0.39, 0.29) is 17.7 Å². The average Bonchev–Trinajstić information content (AvgIpc) is 2.67. The van der Waals surface area contributed by atoms with Gasteiger partial charge in [-0.3, -0.25) is 9.59 Å². The van der Waals surface area contributed by atoms with Gasteiger partial charge in [0.1, 0.15) is 5.75 Å². The number of hydrogen-bond donors (Lipinski definition) is 1. The highest BCUT2D eigenvalue weighted by atomic mass is 35.5. The maximum atomic E-state index is 12.9. The summed E-state index contributed by atoms with van der Waals surface area (Å²) in [5.41, 5.74) is 3.42. The molecule has 1 atom stereocenters. The van der Waals surface area contributed by atoms with E-state index in [1.807, 2.05) is 32.0 Å². The third kappa shape index (κ3) is 4.65. The summed E-state index contributed by atoms with van der Waals surface area (Å²) in [4.78, 5) is 27.4. The Hall–Kier alpha value is -2.53. The Morgan fingerprint density at radius 2 is 1.86 bits per heavy atom. The molecule has 0 aromatic heterocycles. The van der Waals surface area contributed by atoms with Gasteiger partial charge in [-0.2, -0.15) is 0 Å². The second-order valence-electron chi connectivity index (χ2n) is 7.31. The molecular weight excluding hydrogens is 376 g/mol. The van der Waals surface area contributed by atoms with Crippen molar-refractivity contribution in [1.29, 1.82) is 0 Å². The van der Waals surface area contributed by atoms with Crippen molar-refractivity contribution in [2.24, 2.45) is 5.92 Å². The maximum Gasteiger partial charge on any atom is 0.253 e. The number of carbonyl (C=O) groups excluding carboxylic acids is 2. The summed E-state index contributed by atoms with van der Waals surface area (Å²) in [7, 11) is 1.54. The number of halogens is 1. The van der Waals surface area contributed by atoms with Crippen LogP contribution in [-0.4, -0.2) is 36.9 Å². The Morgan fingerprint density at radius 3 is 2.50 bits per heavy atom. The molecule has 2 aromatic carbocycles. The highest BCUT2D eigenvalue weighted by Gasteiger charge is 2.29. The maximum absolute atomic E-state index is 12.9. The van der Waals surface area contributed by atoms with Crippen LogP contribution in [0.15, 0.2) is 36.4 Å². The third-order valence-corrected chi connectivity index (χ3v) is 5.26. The molecule has 2 aromatic rings. The Balaban J connectivity index is 1.67. The van der Waals surface area contributed by atoms with Crippen molar-refractivity contribution in [3.05, 3.63) is 58.1 Å². The van der Waals surface area contributed by atoms with E-state index in [1.165, 1.54) is 0 Å². The molecular formula is C22H25ClN2O3. The number of rotatable bonds is 4. The molecule has 0 spiro atoms. The normalized spacial score (nSPS) is 16.6. The molecule has 2 amide bonds. The smallest absolute Gasteiger partial charge is 0.253 e. The van der Waals surface area contributed by atoms with E-state index in [9.17, 15) is 9.59 Å². The predicted octanol–water partition coefficient (Wildman–Crippen LogP) is 4.46. The topological polar surface area (TPSA) is 58.6 Å². The molecule has 148 valence electrons. The van der Waals surface area contributed by atoms with Crippen LogP contribution >= 0.6 is 11.6 Å². The Kier molecular flexibility index (Phi) is 6.25. The molecule has 3 rings (SSSR count). The van der Waals surface area contributed by atoms with Crippen LogP contribution in [-0.2, 0) is 4.79 Å². The number of amides is 2. The van der Waals surface area contributed by atoms with E-state index in [2.05, 4.69) is 5.32 Å². The lowest BCUT2D eigenvalue weighted by Crippen LogP contribution is -2.43. The first-order chi connectivity index (χ1) is 13.4. The van der Waals surface area contributed by atoms with Gasteiger partial charge in [-0.05, 0) is 57.0 Å². The van der Waals surface area contributed by atoms with Crippen LogP contribution in [0.1, 0.15) is 34.3 Å². The van der Waals surface area contributed by atoms with Crippen molar-refractivity contribution in [1.82, 2.24) is 4.90 Å². The van der Waals surface area contributed by atoms with Crippen molar-refractivity contribution in [2.45, 2.75) is 26.7 Å². The quantitative estimate of drug-likeness (QED) is 0.824. The van der Waals surface area contributed by atoms with E-state index >= 15 is 0 Å². The van der Waals surface area contributed by atoms with Gasteiger partial charge in [0.15, 0.2) is 0 Å². The lowest BCUT2D eigenvalue weighted by atomic mass is 9.96. The summed E-state index contributed by atoms with van der Waals surface area (Å²) in [6, 6.07) is 11.0. The van der Waals surface area contributed by atoms with Crippen molar-refractivity contribution in [2.75, 3.05) is 25.5 Å². The Labute approximate surface area is 170 Å². The Morgan fingerprint density at radius 1 is 1.14 bits per heavy atom. The number of anilines is 1. The van der Waals surface area contributed by atoms with Gasteiger partial charge in [-0.1, -0.05) is 28.8 Å². The first-order valence-corrected chi connectivity index (χ1v) is 9.77. The fraction of sp³-hybridized carbons (Fsp3) is 0.364. The molecule has 1 fully saturated rings.